The average Bonchev–Trinajstić information content (AvgIpc) is 2.62. The Morgan fingerprint density at radius 3 is 2.26 bits per heavy atom. The maximum absolute atomic E-state index is 3.72. The van der Waals surface area contributed by atoms with Gasteiger partial charge < -0.3 is 10.2 Å². The highest BCUT2D eigenvalue weighted by molar-refractivity contribution is 5.52. The number of anilines is 1. The van der Waals surface area contributed by atoms with E-state index in [-0.39, 0.29) is 0 Å². The Kier molecular flexibility index (Phi) is 5.49. The Hall–Kier alpha value is -2.06. The van der Waals surface area contributed by atoms with Crippen molar-refractivity contribution in [1.29, 1.82) is 0 Å². The monoisotopic (exact) mass is 306 g/mol. The SMILES string of the molecule is C/C(=C/c1ccccc1)CNC1CCN(c2ccccc2)CC1. The molecule has 1 fully saturated rings. The lowest BCUT2D eigenvalue weighted by molar-refractivity contribution is 0.427. The van der Waals surface area contributed by atoms with E-state index in [4.69, 9.17) is 0 Å². The molecule has 2 aromatic rings. The highest BCUT2D eigenvalue weighted by atomic mass is 15.1. The van der Waals surface area contributed by atoms with Crippen molar-refractivity contribution in [1.82, 2.24) is 5.32 Å². The van der Waals surface area contributed by atoms with Gasteiger partial charge in [0, 0.05) is 31.4 Å². The van der Waals surface area contributed by atoms with Crippen molar-refractivity contribution >= 4 is 11.8 Å². The largest absolute Gasteiger partial charge is 0.371 e. The molecule has 23 heavy (non-hydrogen) atoms. The second-order valence-corrected chi connectivity index (χ2v) is 6.38. The van der Waals surface area contributed by atoms with Gasteiger partial charge in [-0.3, -0.25) is 0 Å². The number of hydrogen-bond acceptors (Lipinski definition) is 2. The van der Waals surface area contributed by atoms with Gasteiger partial charge in [-0.05, 0) is 37.5 Å². The topological polar surface area (TPSA) is 15.3 Å². The van der Waals surface area contributed by atoms with E-state index in [0.29, 0.717) is 6.04 Å². The molecule has 120 valence electrons. The predicted octanol–water partition coefficient (Wildman–Crippen LogP) is 4.35. The summed E-state index contributed by atoms with van der Waals surface area (Å²) in [6.07, 6.45) is 4.70. The van der Waals surface area contributed by atoms with Crippen LogP contribution in [0, 0.1) is 0 Å². The van der Waals surface area contributed by atoms with Gasteiger partial charge in [0.15, 0.2) is 0 Å². The average molecular weight is 306 g/mol. The van der Waals surface area contributed by atoms with Crippen LogP contribution < -0.4 is 10.2 Å². The summed E-state index contributed by atoms with van der Waals surface area (Å²) in [7, 11) is 0. The van der Waals surface area contributed by atoms with Crippen LogP contribution in [0.1, 0.15) is 25.3 Å². The number of nitrogens with zero attached hydrogens (tertiary/aromatic N) is 1. The fourth-order valence-corrected chi connectivity index (χ4v) is 3.17. The quantitative estimate of drug-likeness (QED) is 0.883. The number of benzene rings is 2. The van der Waals surface area contributed by atoms with E-state index in [1.807, 2.05) is 0 Å². The molecule has 0 radical (unpaired) electrons. The molecule has 0 bridgehead atoms. The van der Waals surface area contributed by atoms with Crippen LogP contribution in [0.5, 0.6) is 0 Å². The lowest BCUT2D eigenvalue weighted by Crippen LogP contribution is -2.43. The van der Waals surface area contributed by atoms with E-state index >= 15 is 0 Å². The zero-order valence-corrected chi connectivity index (χ0v) is 13.9. The summed E-state index contributed by atoms with van der Waals surface area (Å²) in [5, 5.41) is 3.72. The molecular formula is C21H26N2. The van der Waals surface area contributed by atoms with E-state index in [1.54, 1.807) is 0 Å². The van der Waals surface area contributed by atoms with E-state index in [1.165, 1.54) is 29.7 Å². The first-order chi connectivity index (χ1) is 11.3. The van der Waals surface area contributed by atoms with Gasteiger partial charge in [-0.25, -0.2) is 0 Å². The Bertz CT molecular complexity index is 611. The van der Waals surface area contributed by atoms with Crippen LogP contribution in [0.15, 0.2) is 66.2 Å². The molecule has 1 heterocycles. The molecule has 2 heteroatoms. The Morgan fingerprint density at radius 2 is 1.61 bits per heavy atom. The molecule has 0 amide bonds. The van der Waals surface area contributed by atoms with Gasteiger partial charge in [0.25, 0.3) is 0 Å². The van der Waals surface area contributed by atoms with Crippen LogP contribution in [0.4, 0.5) is 5.69 Å². The van der Waals surface area contributed by atoms with Gasteiger partial charge in [0.1, 0.15) is 0 Å². The van der Waals surface area contributed by atoms with Gasteiger partial charge in [-0.15, -0.1) is 0 Å². The van der Waals surface area contributed by atoms with Gasteiger partial charge in [-0.1, -0.05) is 60.2 Å². The number of para-hydroxylation sites is 1. The number of nitrogens with one attached hydrogen (secondary N) is 1. The van der Waals surface area contributed by atoms with Crippen molar-refractivity contribution in [2.75, 3.05) is 24.5 Å². The van der Waals surface area contributed by atoms with Crippen LogP contribution in [0.2, 0.25) is 0 Å². The molecular weight excluding hydrogens is 280 g/mol. The van der Waals surface area contributed by atoms with Crippen LogP contribution in [-0.4, -0.2) is 25.7 Å². The maximum Gasteiger partial charge on any atom is 0.0366 e. The Labute approximate surface area is 139 Å². The van der Waals surface area contributed by atoms with Crippen LogP contribution >= 0.6 is 0 Å². The fourth-order valence-electron chi connectivity index (χ4n) is 3.17. The molecule has 1 aliphatic heterocycles. The first kappa shape index (κ1) is 15.8. The molecule has 0 unspecified atom stereocenters. The van der Waals surface area contributed by atoms with E-state index in [2.05, 4.69) is 83.9 Å². The molecule has 0 atom stereocenters. The van der Waals surface area contributed by atoms with Gasteiger partial charge in [-0.2, -0.15) is 0 Å². The molecule has 2 nitrogen and oxygen atoms in total. The molecule has 0 spiro atoms. The molecule has 0 aromatic heterocycles. The second-order valence-electron chi connectivity index (χ2n) is 6.38. The van der Waals surface area contributed by atoms with E-state index < -0.39 is 0 Å². The highest BCUT2D eigenvalue weighted by Gasteiger charge is 2.18. The molecule has 1 N–H and O–H groups in total. The zero-order valence-electron chi connectivity index (χ0n) is 13.9. The van der Waals surface area contributed by atoms with E-state index in [9.17, 15) is 0 Å². The number of hydrogen-bond donors (Lipinski definition) is 1. The number of rotatable bonds is 5. The Balaban J connectivity index is 1.45. The summed E-state index contributed by atoms with van der Waals surface area (Å²) in [5.74, 6) is 0. The third-order valence-corrected chi connectivity index (χ3v) is 4.50. The third-order valence-electron chi connectivity index (χ3n) is 4.50. The summed E-state index contributed by atoms with van der Waals surface area (Å²) in [6.45, 7) is 5.47. The van der Waals surface area contributed by atoms with Crippen molar-refractivity contribution in [3.05, 3.63) is 71.8 Å². The first-order valence-corrected chi connectivity index (χ1v) is 8.57. The maximum atomic E-state index is 3.72. The van der Waals surface area contributed by atoms with Crippen molar-refractivity contribution in [2.24, 2.45) is 0 Å². The summed E-state index contributed by atoms with van der Waals surface area (Å²) in [4.78, 5) is 2.49. The minimum absolute atomic E-state index is 0.633. The van der Waals surface area contributed by atoms with Gasteiger partial charge >= 0.3 is 0 Å². The summed E-state index contributed by atoms with van der Waals surface area (Å²) in [5.41, 5.74) is 4.03. The smallest absolute Gasteiger partial charge is 0.0366 e. The standard InChI is InChI=1S/C21H26N2/c1-18(16-19-8-4-2-5-9-19)17-22-20-12-14-23(15-13-20)21-10-6-3-7-11-21/h2-11,16,20,22H,12-15,17H2,1H3/b18-16-. The van der Waals surface area contributed by atoms with Crippen molar-refractivity contribution in [3.8, 4) is 0 Å². The number of piperidine rings is 1. The fraction of sp³-hybridized carbons (Fsp3) is 0.333. The van der Waals surface area contributed by atoms with Gasteiger partial charge in [0.2, 0.25) is 0 Å². The van der Waals surface area contributed by atoms with Crippen LogP contribution in [0.25, 0.3) is 6.08 Å². The van der Waals surface area contributed by atoms with Crippen molar-refractivity contribution in [2.45, 2.75) is 25.8 Å². The highest BCUT2D eigenvalue weighted by Crippen LogP contribution is 2.19. The van der Waals surface area contributed by atoms with Crippen molar-refractivity contribution in [3.63, 3.8) is 0 Å². The van der Waals surface area contributed by atoms with Crippen LogP contribution in [0.3, 0.4) is 0 Å². The van der Waals surface area contributed by atoms with Crippen LogP contribution in [-0.2, 0) is 0 Å². The normalized spacial score (nSPS) is 16.6. The first-order valence-electron chi connectivity index (χ1n) is 8.57. The third kappa shape index (κ3) is 4.70. The lowest BCUT2D eigenvalue weighted by Gasteiger charge is -2.34. The molecule has 1 saturated heterocycles. The minimum Gasteiger partial charge on any atom is -0.371 e. The summed E-state index contributed by atoms with van der Waals surface area (Å²) >= 11 is 0. The predicted molar refractivity (Wildman–Crippen MR) is 99.8 cm³/mol. The molecule has 0 saturated carbocycles. The van der Waals surface area contributed by atoms with E-state index in [0.717, 1.165) is 19.6 Å². The molecule has 0 aliphatic carbocycles. The molecule has 2 aromatic carbocycles. The zero-order chi connectivity index (χ0) is 15.9. The molecule has 3 rings (SSSR count). The van der Waals surface area contributed by atoms with Crippen molar-refractivity contribution < 1.29 is 0 Å². The summed E-state index contributed by atoms with van der Waals surface area (Å²) in [6, 6.07) is 21.9. The minimum atomic E-state index is 0.633. The molecule has 1 aliphatic rings. The summed E-state index contributed by atoms with van der Waals surface area (Å²) < 4.78 is 0. The lowest BCUT2D eigenvalue weighted by atomic mass is 10.0. The Morgan fingerprint density at radius 1 is 1.00 bits per heavy atom. The van der Waals surface area contributed by atoms with Gasteiger partial charge in [0.05, 0.1) is 0 Å². The second kappa shape index (κ2) is 7.98.